The molecule has 2 aromatic rings. The van der Waals surface area contributed by atoms with Crippen LogP contribution in [0, 0.1) is 0 Å². The topological polar surface area (TPSA) is 46.3 Å². The second kappa shape index (κ2) is 7.20. The number of aromatic nitrogens is 1. The molecule has 1 fully saturated rings. The fourth-order valence-electron chi connectivity index (χ4n) is 3.37. The lowest BCUT2D eigenvalue weighted by molar-refractivity contribution is -0.132. The Morgan fingerprint density at radius 3 is 2.75 bits per heavy atom. The van der Waals surface area contributed by atoms with Crippen molar-refractivity contribution in [2.24, 2.45) is 0 Å². The molecule has 24 heavy (non-hydrogen) atoms. The second-order valence-corrected chi connectivity index (χ2v) is 6.78. The van der Waals surface area contributed by atoms with Gasteiger partial charge in [-0.1, -0.05) is 51.1 Å². The molecule has 0 saturated carbocycles. The Morgan fingerprint density at radius 2 is 2.08 bits per heavy atom. The van der Waals surface area contributed by atoms with E-state index in [2.05, 4.69) is 26.0 Å². The highest BCUT2D eigenvalue weighted by Crippen LogP contribution is 2.37. The summed E-state index contributed by atoms with van der Waals surface area (Å²) in [6, 6.07) is 10.1. The molecule has 4 nitrogen and oxygen atoms in total. The van der Waals surface area contributed by atoms with E-state index < -0.39 is 0 Å². The number of oxazole rings is 1. The first kappa shape index (κ1) is 16.7. The van der Waals surface area contributed by atoms with Gasteiger partial charge in [0.05, 0.1) is 0 Å². The average molecular weight is 326 g/mol. The van der Waals surface area contributed by atoms with Crippen molar-refractivity contribution >= 4 is 5.91 Å². The van der Waals surface area contributed by atoms with Crippen LogP contribution in [-0.4, -0.2) is 22.3 Å². The molecule has 0 N–H and O–H groups in total. The molecule has 3 rings (SSSR count). The van der Waals surface area contributed by atoms with E-state index >= 15 is 0 Å². The second-order valence-electron chi connectivity index (χ2n) is 6.78. The first-order valence-electron chi connectivity index (χ1n) is 8.97. The van der Waals surface area contributed by atoms with Gasteiger partial charge in [0.1, 0.15) is 17.5 Å². The summed E-state index contributed by atoms with van der Waals surface area (Å²) >= 11 is 0. The lowest BCUT2D eigenvalue weighted by Gasteiger charge is -2.22. The fraction of sp³-hybridized carbons (Fsp3) is 0.500. The van der Waals surface area contributed by atoms with E-state index in [1.165, 1.54) is 0 Å². The minimum atomic E-state index is -0.0148. The van der Waals surface area contributed by atoms with E-state index in [0.29, 0.717) is 12.3 Å². The van der Waals surface area contributed by atoms with Crippen LogP contribution in [0.1, 0.15) is 70.1 Å². The monoisotopic (exact) mass is 326 g/mol. The quantitative estimate of drug-likeness (QED) is 0.782. The summed E-state index contributed by atoms with van der Waals surface area (Å²) in [5.41, 5.74) is 1.98. The number of carbonyl (C=O) groups is 1. The van der Waals surface area contributed by atoms with Crippen LogP contribution in [0.5, 0.6) is 0 Å². The van der Waals surface area contributed by atoms with E-state index in [9.17, 15) is 4.79 Å². The molecule has 1 aliphatic heterocycles. The van der Waals surface area contributed by atoms with Gasteiger partial charge in [-0.2, -0.15) is 0 Å². The third-order valence-corrected chi connectivity index (χ3v) is 4.56. The van der Waals surface area contributed by atoms with Crippen LogP contribution in [-0.2, 0) is 4.79 Å². The van der Waals surface area contributed by atoms with Gasteiger partial charge in [0.2, 0.25) is 11.8 Å². The molecule has 4 heteroatoms. The molecule has 1 aromatic heterocycles. The lowest BCUT2D eigenvalue weighted by atomic mass is 10.0. The number of hydrogen-bond acceptors (Lipinski definition) is 3. The number of hydrogen-bond donors (Lipinski definition) is 0. The number of nitrogens with zero attached hydrogens (tertiary/aromatic N) is 2. The van der Waals surface area contributed by atoms with Gasteiger partial charge in [-0.05, 0) is 19.3 Å². The SMILES string of the molecule is CCCC(=O)N1CCC[C@@H]1c1nc(-c2ccccc2)c(C(C)C)o1. The first-order valence-corrected chi connectivity index (χ1v) is 8.97. The Labute approximate surface area is 143 Å². The van der Waals surface area contributed by atoms with Crippen molar-refractivity contribution in [2.75, 3.05) is 6.54 Å². The summed E-state index contributed by atoms with van der Waals surface area (Å²) in [6.45, 7) is 7.08. The van der Waals surface area contributed by atoms with Crippen molar-refractivity contribution in [2.45, 2.75) is 58.4 Å². The van der Waals surface area contributed by atoms with Crippen LogP contribution in [0.15, 0.2) is 34.7 Å². The van der Waals surface area contributed by atoms with Crippen molar-refractivity contribution in [3.8, 4) is 11.3 Å². The molecule has 128 valence electrons. The maximum atomic E-state index is 12.4. The molecule has 1 atom stereocenters. The predicted molar refractivity (Wildman–Crippen MR) is 94.6 cm³/mol. The molecule has 1 aliphatic rings. The first-order chi connectivity index (χ1) is 11.6. The van der Waals surface area contributed by atoms with Gasteiger partial charge >= 0.3 is 0 Å². The Bertz CT molecular complexity index is 691. The maximum absolute atomic E-state index is 12.4. The Hall–Kier alpha value is -2.10. The van der Waals surface area contributed by atoms with Gasteiger partial charge in [-0.3, -0.25) is 4.79 Å². The van der Waals surface area contributed by atoms with Crippen LogP contribution in [0.25, 0.3) is 11.3 Å². The third-order valence-electron chi connectivity index (χ3n) is 4.56. The van der Waals surface area contributed by atoms with Crippen molar-refractivity contribution < 1.29 is 9.21 Å². The Morgan fingerprint density at radius 1 is 1.33 bits per heavy atom. The minimum Gasteiger partial charge on any atom is -0.442 e. The van der Waals surface area contributed by atoms with Crippen molar-refractivity contribution in [1.82, 2.24) is 9.88 Å². The standard InChI is InChI=1S/C20H26N2O2/c1-4-9-17(23)22-13-8-12-16(22)20-21-18(19(24-20)14(2)3)15-10-6-5-7-11-15/h5-7,10-11,14,16H,4,8-9,12-13H2,1-3H3/t16-/m1/s1. The van der Waals surface area contributed by atoms with Crippen LogP contribution in [0.4, 0.5) is 0 Å². The highest BCUT2D eigenvalue weighted by Gasteiger charge is 2.34. The molecule has 0 spiro atoms. The zero-order valence-electron chi connectivity index (χ0n) is 14.8. The zero-order chi connectivity index (χ0) is 17.1. The molecule has 0 aliphatic carbocycles. The normalized spacial score (nSPS) is 17.7. The van der Waals surface area contributed by atoms with Crippen LogP contribution in [0.2, 0.25) is 0 Å². The maximum Gasteiger partial charge on any atom is 0.223 e. The smallest absolute Gasteiger partial charge is 0.223 e. The molecule has 1 saturated heterocycles. The molecular formula is C20H26N2O2. The van der Waals surface area contributed by atoms with E-state index in [4.69, 9.17) is 9.40 Å². The highest BCUT2D eigenvalue weighted by molar-refractivity contribution is 5.76. The van der Waals surface area contributed by atoms with Crippen molar-refractivity contribution in [1.29, 1.82) is 0 Å². The van der Waals surface area contributed by atoms with Gasteiger partial charge < -0.3 is 9.32 Å². The molecule has 1 amide bonds. The molecule has 2 heterocycles. The van der Waals surface area contributed by atoms with Gasteiger partial charge in [0, 0.05) is 24.4 Å². The van der Waals surface area contributed by atoms with Gasteiger partial charge in [0.15, 0.2) is 0 Å². The summed E-state index contributed by atoms with van der Waals surface area (Å²) in [5.74, 6) is 2.07. The fourth-order valence-corrected chi connectivity index (χ4v) is 3.37. The van der Waals surface area contributed by atoms with Crippen molar-refractivity contribution in [3.63, 3.8) is 0 Å². The lowest BCUT2D eigenvalue weighted by Crippen LogP contribution is -2.30. The molecule has 0 radical (unpaired) electrons. The number of rotatable bonds is 5. The van der Waals surface area contributed by atoms with E-state index in [1.54, 1.807) is 0 Å². The number of likely N-dealkylation sites (tertiary alicyclic amines) is 1. The van der Waals surface area contributed by atoms with Gasteiger partial charge in [-0.15, -0.1) is 0 Å². The number of amides is 1. The van der Waals surface area contributed by atoms with Crippen LogP contribution < -0.4 is 0 Å². The van der Waals surface area contributed by atoms with Gasteiger partial charge in [-0.25, -0.2) is 4.98 Å². The van der Waals surface area contributed by atoms with Gasteiger partial charge in [0.25, 0.3) is 0 Å². The Kier molecular flexibility index (Phi) is 5.03. The van der Waals surface area contributed by atoms with Crippen LogP contribution in [0.3, 0.4) is 0 Å². The molecule has 0 unspecified atom stereocenters. The Balaban J connectivity index is 1.95. The summed E-state index contributed by atoms with van der Waals surface area (Å²) in [4.78, 5) is 19.1. The molecule has 0 bridgehead atoms. The van der Waals surface area contributed by atoms with E-state index in [0.717, 1.165) is 42.8 Å². The predicted octanol–water partition coefficient (Wildman–Crippen LogP) is 4.93. The summed E-state index contributed by atoms with van der Waals surface area (Å²) in [6.07, 6.45) is 3.42. The summed E-state index contributed by atoms with van der Waals surface area (Å²) in [5, 5.41) is 0. The van der Waals surface area contributed by atoms with E-state index in [1.807, 2.05) is 30.0 Å². The molecule has 1 aromatic carbocycles. The zero-order valence-corrected chi connectivity index (χ0v) is 14.8. The molecular weight excluding hydrogens is 300 g/mol. The van der Waals surface area contributed by atoms with E-state index in [-0.39, 0.29) is 17.9 Å². The summed E-state index contributed by atoms with van der Waals surface area (Å²) < 4.78 is 6.17. The highest BCUT2D eigenvalue weighted by atomic mass is 16.4. The number of carbonyl (C=O) groups excluding carboxylic acids is 1. The van der Waals surface area contributed by atoms with Crippen molar-refractivity contribution in [3.05, 3.63) is 42.0 Å². The summed E-state index contributed by atoms with van der Waals surface area (Å²) in [7, 11) is 0. The minimum absolute atomic E-state index is 0.0148. The van der Waals surface area contributed by atoms with Crippen LogP contribution >= 0.6 is 0 Å². The average Bonchev–Trinajstić information content (AvgIpc) is 3.22. The third kappa shape index (κ3) is 3.23. The largest absolute Gasteiger partial charge is 0.442 e. The number of benzene rings is 1.